The topological polar surface area (TPSA) is 42.0 Å². The van der Waals surface area contributed by atoms with Crippen LogP contribution < -0.4 is 5.32 Å². The Morgan fingerprint density at radius 3 is 2.75 bits per heavy atom. The molecule has 16 heavy (non-hydrogen) atoms. The Morgan fingerprint density at radius 2 is 2.19 bits per heavy atom. The molecule has 3 nitrogen and oxygen atoms in total. The maximum atomic E-state index is 11.7. The highest BCUT2D eigenvalue weighted by atomic mass is 79.9. The number of aromatic nitrogens is 1. The largest absolute Gasteiger partial charge is 0.353 e. The van der Waals surface area contributed by atoms with E-state index in [9.17, 15) is 4.79 Å². The third kappa shape index (κ3) is 4.14. The molecule has 0 fully saturated rings. The van der Waals surface area contributed by atoms with Crippen LogP contribution in [0.4, 0.5) is 0 Å². The van der Waals surface area contributed by atoms with Crippen LogP contribution in [0.25, 0.3) is 0 Å². The number of carbonyl (C=O) groups is 1. The summed E-state index contributed by atoms with van der Waals surface area (Å²) in [6.07, 6.45) is 1.72. The maximum absolute atomic E-state index is 11.7. The van der Waals surface area contributed by atoms with Crippen LogP contribution in [-0.2, 0) is 4.79 Å². The van der Waals surface area contributed by atoms with Gasteiger partial charge in [0.1, 0.15) is 5.03 Å². The molecule has 0 aliphatic heterocycles. The van der Waals surface area contributed by atoms with Gasteiger partial charge in [0.2, 0.25) is 5.91 Å². The predicted octanol–water partition coefficient (Wildman–Crippen LogP) is 2.85. The molecule has 5 heteroatoms. The summed E-state index contributed by atoms with van der Waals surface area (Å²) in [4.78, 5) is 15.9. The van der Waals surface area contributed by atoms with Gasteiger partial charge in [-0.05, 0) is 48.8 Å². The molecule has 1 N–H and O–H groups in total. The van der Waals surface area contributed by atoms with Gasteiger partial charge in [-0.25, -0.2) is 4.98 Å². The number of hydrogen-bond acceptors (Lipinski definition) is 3. The van der Waals surface area contributed by atoms with Gasteiger partial charge in [0.15, 0.2) is 0 Å². The quantitative estimate of drug-likeness (QED) is 0.870. The zero-order valence-electron chi connectivity index (χ0n) is 9.53. The van der Waals surface area contributed by atoms with Crippen LogP contribution in [0.15, 0.2) is 27.8 Å². The standard InChI is InChI=1S/C11H15BrN2OS/c1-7(2)14-10(15)8(3)16-11-9(12)5-4-6-13-11/h4-8H,1-3H3,(H,14,15). The van der Waals surface area contributed by atoms with Crippen LogP contribution in [-0.4, -0.2) is 22.2 Å². The molecule has 1 amide bonds. The molecule has 0 saturated heterocycles. The molecule has 1 unspecified atom stereocenters. The SMILES string of the molecule is CC(C)NC(=O)C(C)Sc1ncccc1Br. The van der Waals surface area contributed by atoms with Crippen LogP contribution in [0.2, 0.25) is 0 Å². The highest BCUT2D eigenvalue weighted by molar-refractivity contribution is 9.10. The number of rotatable bonds is 4. The molecular formula is C11H15BrN2OS. The lowest BCUT2D eigenvalue weighted by Gasteiger charge is -2.14. The van der Waals surface area contributed by atoms with Crippen LogP contribution in [0.5, 0.6) is 0 Å². The summed E-state index contributed by atoms with van der Waals surface area (Å²) in [6.45, 7) is 5.78. The molecule has 1 aromatic heterocycles. The normalized spacial score (nSPS) is 12.6. The van der Waals surface area contributed by atoms with Gasteiger partial charge < -0.3 is 5.32 Å². The minimum Gasteiger partial charge on any atom is -0.353 e. The van der Waals surface area contributed by atoms with E-state index in [0.717, 1.165) is 9.50 Å². The van der Waals surface area contributed by atoms with Gasteiger partial charge >= 0.3 is 0 Å². The van der Waals surface area contributed by atoms with Gasteiger partial charge in [-0.2, -0.15) is 0 Å². The van der Waals surface area contributed by atoms with Gasteiger partial charge in [-0.15, -0.1) is 0 Å². The summed E-state index contributed by atoms with van der Waals surface area (Å²) < 4.78 is 0.921. The predicted molar refractivity (Wildman–Crippen MR) is 70.5 cm³/mol. The van der Waals surface area contributed by atoms with Gasteiger partial charge in [0, 0.05) is 16.7 Å². The average molecular weight is 303 g/mol. The third-order valence-corrected chi connectivity index (χ3v) is 3.83. The Kier molecular flexibility index (Phi) is 5.28. The van der Waals surface area contributed by atoms with E-state index in [1.54, 1.807) is 6.20 Å². The maximum Gasteiger partial charge on any atom is 0.233 e. The molecule has 0 spiro atoms. The van der Waals surface area contributed by atoms with E-state index in [0.29, 0.717) is 0 Å². The van der Waals surface area contributed by atoms with E-state index in [4.69, 9.17) is 0 Å². The van der Waals surface area contributed by atoms with Crippen LogP contribution >= 0.6 is 27.7 Å². The molecule has 0 bridgehead atoms. The third-order valence-electron chi connectivity index (χ3n) is 1.81. The van der Waals surface area contributed by atoms with E-state index in [-0.39, 0.29) is 17.2 Å². The molecule has 1 aromatic rings. The molecule has 1 rings (SSSR count). The second-order valence-electron chi connectivity index (χ2n) is 3.71. The number of nitrogens with one attached hydrogen (secondary N) is 1. The fraction of sp³-hybridized carbons (Fsp3) is 0.455. The number of amides is 1. The molecule has 1 atom stereocenters. The van der Waals surface area contributed by atoms with Crippen molar-refractivity contribution in [2.75, 3.05) is 0 Å². The minimum absolute atomic E-state index is 0.0394. The first-order valence-electron chi connectivity index (χ1n) is 5.08. The first-order valence-corrected chi connectivity index (χ1v) is 6.75. The van der Waals surface area contributed by atoms with Crippen LogP contribution in [0.3, 0.4) is 0 Å². The van der Waals surface area contributed by atoms with Gasteiger partial charge in [-0.3, -0.25) is 4.79 Å². The van der Waals surface area contributed by atoms with E-state index in [1.807, 2.05) is 32.9 Å². The van der Waals surface area contributed by atoms with Crippen molar-refractivity contribution in [2.45, 2.75) is 37.1 Å². The summed E-state index contributed by atoms with van der Waals surface area (Å²) in [5.41, 5.74) is 0. The molecule has 0 saturated carbocycles. The summed E-state index contributed by atoms with van der Waals surface area (Å²) in [7, 11) is 0. The lowest BCUT2D eigenvalue weighted by Crippen LogP contribution is -2.35. The zero-order chi connectivity index (χ0) is 12.1. The molecule has 1 heterocycles. The molecule has 0 aliphatic rings. The van der Waals surface area contributed by atoms with Crippen molar-refractivity contribution in [1.29, 1.82) is 0 Å². The highest BCUT2D eigenvalue weighted by Gasteiger charge is 2.16. The Morgan fingerprint density at radius 1 is 1.50 bits per heavy atom. The fourth-order valence-electron chi connectivity index (χ4n) is 1.08. The minimum atomic E-state index is -0.145. The summed E-state index contributed by atoms with van der Waals surface area (Å²) >= 11 is 4.86. The van der Waals surface area contributed by atoms with Gasteiger partial charge in [-0.1, -0.05) is 11.8 Å². The van der Waals surface area contributed by atoms with E-state index in [1.165, 1.54) is 11.8 Å². The number of carbonyl (C=O) groups excluding carboxylic acids is 1. The molecule has 0 aliphatic carbocycles. The van der Waals surface area contributed by atoms with Crippen molar-refractivity contribution >= 4 is 33.6 Å². The molecule has 0 radical (unpaired) electrons. The Labute approximate surface area is 109 Å². The van der Waals surface area contributed by atoms with Crippen molar-refractivity contribution in [3.8, 4) is 0 Å². The van der Waals surface area contributed by atoms with Crippen molar-refractivity contribution in [3.05, 3.63) is 22.8 Å². The Hall–Kier alpha value is -0.550. The van der Waals surface area contributed by atoms with Crippen molar-refractivity contribution in [2.24, 2.45) is 0 Å². The lowest BCUT2D eigenvalue weighted by atomic mass is 10.3. The second-order valence-corrected chi connectivity index (χ2v) is 5.90. The lowest BCUT2D eigenvalue weighted by molar-refractivity contribution is -0.120. The Bertz CT molecular complexity index is 371. The first kappa shape index (κ1) is 13.5. The number of hydrogen-bond donors (Lipinski definition) is 1. The van der Waals surface area contributed by atoms with Crippen molar-refractivity contribution < 1.29 is 4.79 Å². The summed E-state index contributed by atoms with van der Waals surface area (Å²) in [5, 5.41) is 3.58. The van der Waals surface area contributed by atoms with E-state index in [2.05, 4.69) is 26.2 Å². The highest BCUT2D eigenvalue weighted by Crippen LogP contribution is 2.28. The van der Waals surface area contributed by atoms with Gasteiger partial charge in [0.25, 0.3) is 0 Å². The summed E-state index contributed by atoms with van der Waals surface area (Å²) in [5.74, 6) is 0.0394. The molecule has 0 aromatic carbocycles. The molecular weight excluding hydrogens is 288 g/mol. The van der Waals surface area contributed by atoms with Gasteiger partial charge in [0.05, 0.1) is 5.25 Å². The number of pyridine rings is 1. The number of halogens is 1. The van der Waals surface area contributed by atoms with Crippen LogP contribution in [0.1, 0.15) is 20.8 Å². The van der Waals surface area contributed by atoms with E-state index >= 15 is 0 Å². The molecule has 88 valence electrons. The Balaban J connectivity index is 2.61. The number of thioether (sulfide) groups is 1. The number of nitrogens with zero attached hydrogens (tertiary/aromatic N) is 1. The second kappa shape index (κ2) is 6.25. The van der Waals surface area contributed by atoms with Crippen molar-refractivity contribution in [3.63, 3.8) is 0 Å². The zero-order valence-corrected chi connectivity index (χ0v) is 11.9. The first-order chi connectivity index (χ1) is 7.50. The smallest absolute Gasteiger partial charge is 0.233 e. The fourth-order valence-corrected chi connectivity index (χ4v) is 2.43. The monoisotopic (exact) mass is 302 g/mol. The van der Waals surface area contributed by atoms with E-state index < -0.39 is 0 Å². The van der Waals surface area contributed by atoms with Crippen LogP contribution in [0, 0.1) is 0 Å². The average Bonchev–Trinajstić information content (AvgIpc) is 2.20. The van der Waals surface area contributed by atoms with Crippen molar-refractivity contribution in [1.82, 2.24) is 10.3 Å². The summed E-state index contributed by atoms with van der Waals surface area (Å²) in [6, 6.07) is 3.94.